The van der Waals surface area contributed by atoms with E-state index in [4.69, 9.17) is 16.3 Å². The van der Waals surface area contributed by atoms with Crippen molar-refractivity contribution in [3.05, 3.63) is 50.2 Å². The van der Waals surface area contributed by atoms with Crippen molar-refractivity contribution in [1.82, 2.24) is 0 Å². The molecule has 2 aromatic rings. The summed E-state index contributed by atoms with van der Waals surface area (Å²) in [7, 11) is 0. The number of carbonyl (C=O) groups excluding carboxylic acids is 1. The third-order valence-electron chi connectivity index (χ3n) is 3.26. The van der Waals surface area contributed by atoms with Crippen LogP contribution in [0.25, 0.3) is 0 Å². The van der Waals surface area contributed by atoms with E-state index in [-0.39, 0.29) is 11.9 Å². The average molecular weight is 293 g/mol. The first-order valence-electron chi connectivity index (χ1n) is 6.14. The Morgan fingerprint density at radius 2 is 2.26 bits per heavy atom. The van der Waals surface area contributed by atoms with Crippen LogP contribution in [0.5, 0.6) is 5.75 Å². The third-order valence-corrected chi connectivity index (χ3v) is 4.96. The molecule has 1 aliphatic heterocycles. The van der Waals surface area contributed by atoms with Crippen LogP contribution in [0.1, 0.15) is 33.3 Å². The van der Waals surface area contributed by atoms with E-state index < -0.39 is 0 Å². The molecule has 0 fully saturated rings. The van der Waals surface area contributed by atoms with Crippen molar-refractivity contribution in [3.8, 4) is 5.75 Å². The molecule has 19 heavy (non-hydrogen) atoms. The zero-order valence-electron chi connectivity index (χ0n) is 10.7. The molecule has 3 rings (SSSR count). The fourth-order valence-corrected chi connectivity index (χ4v) is 3.52. The van der Waals surface area contributed by atoms with E-state index in [9.17, 15) is 4.79 Å². The average Bonchev–Trinajstić information content (AvgIpc) is 2.91. The van der Waals surface area contributed by atoms with Gasteiger partial charge in [0.2, 0.25) is 5.78 Å². The molecule has 0 amide bonds. The van der Waals surface area contributed by atoms with Gasteiger partial charge in [0.1, 0.15) is 11.9 Å². The normalized spacial score (nSPS) is 17.1. The number of hydrogen-bond donors (Lipinski definition) is 0. The quantitative estimate of drug-likeness (QED) is 0.773. The molecule has 0 spiro atoms. The zero-order valence-corrected chi connectivity index (χ0v) is 12.3. The van der Waals surface area contributed by atoms with Gasteiger partial charge < -0.3 is 4.74 Å². The van der Waals surface area contributed by atoms with Gasteiger partial charge in [0.25, 0.3) is 0 Å². The molecule has 0 saturated heterocycles. The Labute approximate surface area is 121 Å². The lowest BCUT2D eigenvalue weighted by Crippen LogP contribution is -2.05. The Balaban J connectivity index is 1.97. The van der Waals surface area contributed by atoms with Crippen molar-refractivity contribution in [2.75, 3.05) is 0 Å². The Kier molecular flexibility index (Phi) is 3.11. The summed E-state index contributed by atoms with van der Waals surface area (Å²) in [5.74, 6) is 0.878. The topological polar surface area (TPSA) is 26.3 Å². The van der Waals surface area contributed by atoms with Crippen molar-refractivity contribution in [1.29, 1.82) is 0 Å². The SMILES string of the molecule is Cc1csc(C(=O)c2ccc3c(c2)CC(C)O3)c1Cl. The van der Waals surface area contributed by atoms with E-state index in [1.807, 2.05) is 37.4 Å². The van der Waals surface area contributed by atoms with Crippen LogP contribution in [0, 0.1) is 6.92 Å². The van der Waals surface area contributed by atoms with Crippen LogP contribution in [0.2, 0.25) is 5.02 Å². The predicted molar refractivity (Wildman–Crippen MR) is 77.7 cm³/mol. The number of ether oxygens (including phenoxy) is 1. The minimum atomic E-state index is -0.00884. The molecular formula is C15H13ClO2S. The summed E-state index contributed by atoms with van der Waals surface area (Å²) in [5.41, 5.74) is 2.73. The van der Waals surface area contributed by atoms with Crippen molar-refractivity contribution in [2.45, 2.75) is 26.4 Å². The van der Waals surface area contributed by atoms with Gasteiger partial charge in [-0.2, -0.15) is 0 Å². The zero-order chi connectivity index (χ0) is 13.6. The molecule has 1 atom stereocenters. The maximum Gasteiger partial charge on any atom is 0.204 e. The van der Waals surface area contributed by atoms with E-state index in [0.29, 0.717) is 15.5 Å². The summed E-state index contributed by atoms with van der Waals surface area (Å²) >= 11 is 7.56. The van der Waals surface area contributed by atoms with Crippen LogP contribution in [-0.2, 0) is 6.42 Å². The number of carbonyl (C=O) groups is 1. The van der Waals surface area contributed by atoms with Crippen LogP contribution < -0.4 is 4.74 Å². The van der Waals surface area contributed by atoms with Gasteiger partial charge in [-0.25, -0.2) is 0 Å². The highest BCUT2D eigenvalue weighted by atomic mass is 35.5. The molecule has 4 heteroatoms. The number of halogens is 1. The fraction of sp³-hybridized carbons (Fsp3) is 0.267. The molecular weight excluding hydrogens is 280 g/mol. The minimum Gasteiger partial charge on any atom is -0.490 e. The summed E-state index contributed by atoms with van der Waals surface area (Å²) in [6.45, 7) is 3.94. The second-order valence-electron chi connectivity index (χ2n) is 4.85. The lowest BCUT2D eigenvalue weighted by atomic mass is 10.0. The number of benzene rings is 1. The number of aryl methyl sites for hydroxylation is 1. The van der Waals surface area contributed by atoms with Gasteiger partial charge in [-0.1, -0.05) is 11.6 Å². The monoisotopic (exact) mass is 292 g/mol. The molecule has 0 aliphatic carbocycles. The van der Waals surface area contributed by atoms with Crippen molar-refractivity contribution >= 4 is 28.7 Å². The number of fused-ring (bicyclic) bond motifs is 1. The number of hydrogen-bond acceptors (Lipinski definition) is 3. The maximum atomic E-state index is 12.4. The molecule has 0 saturated carbocycles. The van der Waals surface area contributed by atoms with Gasteiger partial charge in [0.05, 0.1) is 9.90 Å². The fourth-order valence-electron chi connectivity index (χ4n) is 2.28. The van der Waals surface area contributed by atoms with Gasteiger partial charge in [-0.3, -0.25) is 4.79 Å². The maximum absolute atomic E-state index is 12.4. The second-order valence-corrected chi connectivity index (χ2v) is 6.10. The smallest absolute Gasteiger partial charge is 0.204 e. The molecule has 1 aromatic heterocycles. The van der Waals surface area contributed by atoms with Crippen LogP contribution in [-0.4, -0.2) is 11.9 Å². The summed E-state index contributed by atoms with van der Waals surface area (Å²) < 4.78 is 5.64. The van der Waals surface area contributed by atoms with Gasteiger partial charge in [0.15, 0.2) is 0 Å². The summed E-state index contributed by atoms with van der Waals surface area (Å²) in [4.78, 5) is 13.1. The van der Waals surface area contributed by atoms with E-state index in [1.165, 1.54) is 11.3 Å². The second kappa shape index (κ2) is 4.66. The highest BCUT2D eigenvalue weighted by molar-refractivity contribution is 7.13. The lowest BCUT2D eigenvalue weighted by Gasteiger charge is -2.03. The van der Waals surface area contributed by atoms with Gasteiger partial charge in [-0.05, 0) is 48.6 Å². The van der Waals surface area contributed by atoms with Crippen molar-refractivity contribution in [2.24, 2.45) is 0 Å². The third kappa shape index (κ3) is 2.17. The first-order valence-corrected chi connectivity index (χ1v) is 7.40. The van der Waals surface area contributed by atoms with Crippen LogP contribution in [0.4, 0.5) is 0 Å². The molecule has 2 nitrogen and oxygen atoms in total. The minimum absolute atomic E-state index is 0.00884. The number of thiophene rings is 1. The Hall–Kier alpha value is -1.32. The molecule has 1 aromatic carbocycles. The van der Waals surface area contributed by atoms with Crippen LogP contribution in [0.15, 0.2) is 23.6 Å². The van der Waals surface area contributed by atoms with Crippen molar-refractivity contribution < 1.29 is 9.53 Å². The molecule has 0 N–H and O–H groups in total. The number of rotatable bonds is 2. The molecule has 2 heterocycles. The van der Waals surface area contributed by atoms with Crippen LogP contribution >= 0.6 is 22.9 Å². The predicted octanol–water partition coefficient (Wildman–Crippen LogP) is 4.26. The Morgan fingerprint density at radius 1 is 1.47 bits per heavy atom. The van der Waals surface area contributed by atoms with E-state index >= 15 is 0 Å². The summed E-state index contributed by atoms with van der Waals surface area (Å²) in [6.07, 6.45) is 1.04. The highest BCUT2D eigenvalue weighted by Gasteiger charge is 2.22. The first kappa shape index (κ1) is 12.7. The van der Waals surface area contributed by atoms with E-state index in [1.54, 1.807) is 0 Å². The van der Waals surface area contributed by atoms with E-state index in [0.717, 1.165) is 23.3 Å². The van der Waals surface area contributed by atoms with Gasteiger partial charge in [0, 0.05) is 12.0 Å². The highest BCUT2D eigenvalue weighted by Crippen LogP contribution is 2.33. The first-order chi connectivity index (χ1) is 9.06. The molecule has 1 aliphatic rings. The van der Waals surface area contributed by atoms with E-state index in [2.05, 4.69) is 0 Å². The standard InChI is InChI=1S/C15H13ClO2S/c1-8-7-19-15(13(8)16)14(17)10-3-4-12-11(6-10)5-9(2)18-12/h3-4,6-7,9H,5H2,1-2H3. The number of ketones is 1. The molecule has 98 valence electrons. The summed E-state index contributed by atoms with van der Waals surface area (Å²) in [6, 6.07) is 5.61. The molecule has 0 radical (unpaired) electrons. The molecule has 1 unspecified atom stereocenters. The van der Waals surface area contributed by atoms with Gasteiger partial charge in [-0.15, -0.1) is 11.3 Å². The van der Waals surface area contributed by atoms with Crippen molar-refractivity contribution in [3.63, 3.8) is 0 Å². The van der Waals surface area contributed by atoms with Crippen LogP contribution in [0.3, 0.4) is 0 Å². The summed E-state index contributed by atoms with van der Waals surface area (Å²) in [5, 5.41) is 2.48. The Bertz CT molecular complexity index is 660. The van der Waals surface area contributed by atoms with Gasteiger partial charge >= 0.3 is 0 Å². The lowest BCUT2D eigenvalue weighted by molar-refractivity contribution is 0.104. The Morgan fingerprint density at radius 3 is 2.95 bits per heavy atom. The largest absolute Gasteiger partial charge is 0.490 e. The molecule has 0 bridgehead atoms.